The van der Waals surface area contributed by atoms with Crippen LogP contribution in [0.3, 0.4) is 0 Å². The molecule has 4 aromatic carbocycles. The molecule has 0 aliphatic carbocycles. The summed E-state index contributed by atoms with van der Waals surface area (Å²) >= 11 is 1.45. The highest BCUT2D eigenvalue weighted by Crippen LogP contribution is 2.43. The van der Waals surface area contributed by atoms with Crippen molar-refractivity contribution in [1.82, 2.24) is 5.32 Å². The molecular formula is C37H37NO8S. The van der Waals surface area contributed by atoms with E-state index in [1.165, 1.54) is 11.8 Å². The number of carbonyl (C=O) groups is 3. The maximum atomic E-state index is 12.0. The van der Waals surface area contributed by atoms with Gasteiger partial charge in [-0.15, -0.1) is 11.8 Å². The molecule has 47 heavy (non-hydrogen) atoms. The Hall–Kier alpha value is -4.48. The van der Waals surface area contributed by atoms with E-state index in [9.17, 15) is 24.6 Å². The van der Waals surface area contributed by atoms with Gasteiger partial charge in [-0.05, 0) is 46.0 Å². The van der Waals surface area contributed by atoms with Gasteiger partial charge < -0.3 is 30.1 Å². The summed E-state index contributed by atoms with van der Waals surface area (Å²) in [4.78, 5) is 35.2. The molecule has 244 valence electrons. The smallest absolute Gasteiger partial charge is 0.336 e. The van der Waals surface area contributed by atoms with Crippen LogP contribution in [-0.2, 0) is 32.2 Å². The normalized spacial score (nSPS) is 19.2. The van der Waals surface area contributed by atoms with E-state index in [1.807, 2.05) is 84.9 Å². The minimum Gasteiger partial charge on any atom is -0.481 e. The number of aliphatic hydroxyl groups excluding tert-OH is 1. The standard InChI is InChI=1S/C37H37NO8S/c1-23-31(22-47-32-8-3-2-7-30(32)36(43)44)45-37(46-35(23)27-11-9-24(21-39)10-12-27)28-15-13-26(14-16-28)29-6-4-5-25(19-29)20-38-33(40)17-18-34(41)42/h2-16,19,23,31,35,37,39H,17-18,20-22H2,1H3,(H,38,40)(H,41,42)(H,43,44). The Bertz CT molecular complexity index is 1690. The Morgan fingerprint density at radius 1 is 0.787 bits per heavy atom. The predicted molar refractivity (Wildman–Crippen MR) is 178 cm³/mol. The van der Waals surface area contributed by atoms with Crippen LogP contribution in [0.4, 0.5) is 0 Å². The van der Waals surface area contributed by atoms with E-state index >= 15 is 0 Å². The van der Waals surface area contributed by atoms with Crippen LogP contribution in [0, 0.1) is 5.92 Å². The molecule has 10 heteroatoms. The van der Waals surface area contributed by atoms with Gasteiger partial charge in [-0.1, -0.05) is 85.8 Å². The van der Waals surface area contributed by atoms with Gasteiger partial charge in [0.2, 0.25) is 5.91 Å². The lowest BCUT2D eigenvalue weighted by atomic mass is 9.91. The van der Waals surface area contributed by atoms with Crippen LogP contribution < -0.4 is 5.32 Å². The summed E-state index contributed by atoms with van der Waals surface area (Å²) in [5.41, 5.74) is 5.68. The van der Waals surface area contributed by atoms with Crippen LogP contribution in [0.1, 0.15) is 64.8 Å². The summed E-state index contributed by atoms with van der Waals surface area (Å²) < 4.78 is 13.1. The zero-order valence-corrected chi connectivity index (χ0v) is 26.7. The highest BCUT2D eigenvalue weighted by atomic mass is 32.2. The zero-order chi connectivity index (χ0) is 33.3. The number of hydrogen-bond donors (Lipinski definition) is 4. The number of rotatable bonds is 13. The van der Waals surface area contributed by atoms with Gasteiger partial charge in [0.15, 0.2) is 6.29 Å². The number of ether oxygens (including phenoxy) is 2. The van der Waals surface area contributed by atoms with Gasteiger partial charge in [0.25, 0.3) is 0 Å². The molecule has 9 nitrogen and oxygen atoms in total. The van der Waals surface area contributed by atoms with E-state index in [1.54, 1.807) is 12.1 Å². The van der Waals surface area contributed by atoms with Crippen LogP contribution in [-0.4, -0.2) is 45.0 Å². The molecule has 1 heterocycles. The van der Waals surface area contributed by atoms with Crippen molar-refractivity contribution in [2.45, 2.75) is 56.3 Å². The molecule has 0 bridgehead atoms. The number of aromatic carboxylic acids is 1. The number of benzene rings is 4. The molecule has 1 amide bonds. The van der Waals surface area contributed by atoms with Crippen molar-refractivity contribution in [3.05, 3.63) is 125 Å². The monoisotopic (exact) mass is 655 g/mol. The molecule has 0 spiro atoms. The number of carboxylic acids is 2. The molecule has 4 atom stereocenters. The van der Waals surface area contributed by atoms with Crippen LogP contribution in [0.2, 0.25) is 0 Å². The van der Waals surface area contributed by atoms with Crippen molar-refractivity contribution in [3.8, 4) is 11.1 Å². The third-order valence-electron chi connectivity index (χ3n) is 8.14. The Morgan fingerprint density at radius 2 is 1.51 bits per heavy atom. The molecule has 1 aliphatic heterocycles. The minimum atomic E-state index is -1.01. The van der Waals surface area contributed by atoms with Gasteiger partial charge in [-0.2, -0.15) is 0 Å². The predicted octanol–water partition coefficient (Wildman–Crippen LogP) is 6.61. The lowest BCUT2D eigenvalue weighted by molar-refractivity contribution is -0.268. The molecule has 4 unspecified atom stereocenters. The van der Waals surface area contributed by atoms with Crippen molar-refractivity contribution in [2.24, 2.45) is 5.92 Å². The molecule has 0 radical (unpaired) electrons. The fourth-order valence-electron chi connectivity index (χ4n) is 5.45. The Morgan fingerprint density at radius 3 is 2.21 bits per heavy atom. The second-order valence-electron chi connectivity index (χ2n) is 11.4. The number of carboxylic acid groups (broad SMARTS) is 2. The molecule has 0 saturated carbocycles. The summed E-state index contributed by atoms with van der Waals surface area (Å²) in [7, 11) is 0. The van der Waals surface area contributed by atoms with E-state index in [4.69, 9.17) is 14.6 Å². The fourth-order valence-corrected chi connectivity index (χ4v) is 6.67. The summed E-state index contributed by atoms with van der Waals surface area (Å²) in [5.74, 6) is -1.82. The summed E-state index contributed by atoms with van der Waals surface area (Å²) in [6, 6.07) is 30.3. The number of thioether (sulfide) groups is 1. The number of hydrogen-bond acceptors (Lipinski definition) is 7. The second-order valence-corrected chi connectivity index (χ2v) is 12.5. The maximum absolute atomic E-state index is 12.0. The SMILES string of the molecule is CC1C(CSc2ccccc2C(=O)O)OC(c2ccc(-c3cccc(CNC(=O)CCC(=O)O)c3)cc2)OC1c1ccc(CO)cc1. The van der Waals surface area contributed by atoms with Crippen LogP contribution in [0.5, 0.6) is 0 Å². The Balaban J connectivity index is 1.33. The first-order chi connectivity index (χ1) is 22.7. The second kappa shape index (κ2) is 15.9. The third kappa shape index (κ3) is 8.87. The van der Waals surface area contributed by atoms with E-state index < -0.39 is 18.2 Å². The van der Waals surface area contributed by atoms with E-state index in [0.717, 1.165) is 33.4 Å². The molecule has 4 N–H and O–H groups in total. The number of nitrogens with one attached hydrogen (secondary N) is 1. The number of amides is 1. The number of carbonyl (C=O) groups excluding carboxylic acids is 1. The first-order valence-corrected chi connectivity index (χ1v) is 16.3. The van der Waals surface area contributed by atoms with Gasteiger partial charge >= 0.3 is 11.9 Å². The van der Waals surface area contributed by atoms with E-state index in [-0.39, 0.29) is 49.0 Å². The summed E-state index contributed by atoms with van der Waals surface area (Å²) in [5, 5.41) is 30.8. The van der Waals surface area contributed by atoms with Crippen molar-refractivity contribution in [3.63, 3.8) is 0 Å². The van der Waals surface area contributed by atoms with Crippen LogP contribution >= 0.6 is 11.8 Å². The molecule has 0 aromatic heterocycles. The minimum absolute atomic E-state index is 0.0496. The van der Waals surface area contributed by atoms with Gasteiger partial charge in [-0.3, -0.25) is 9.59 Å². The van der Waals surface area contributed by atoms with E-state index in [2.05, 4.69) is 12.2 Å². The van der Waals surface area contributed by atoms with Gasteiger partial charge in [0.05, 0.1) is 30.8 Å². The van der Waals surface area contributed by atoms with Gasteiger partial charge in [0.1, 0.15) is 0 Å². The maximum Gasteiger partial charge on any atom is 0.336 e. The van der Waals surface area contributed by atoms with Crippen LogP contribution in [0.15, 0.2) is 102 Å². The molecule has 1 fully saturated rings. The van der Waals surface area contributed by atoms with Crippen LogP contribution in [0.25, 0.3) is 11.1 Å². The first kappa shape index (κ1) is 33.9. The lowest BCUT2D eigenvalue weighted by Crippen LogP contribution is -2.38. The third-order valence-corrected chi connectivity index (χ3v) is 9.30. The molecule has 5 rings (SSSR count). The summed E-state index contributed by atoms with van der Waals surface area (Å²) in [6.07, 6.45) is -1.50. The quantitative estimate of drug-likeness (QED) is 0.117. The highest BCUT2D eigenvalue weighted by molar-refractivity contribution is 7.99. The molecule has 4 aromatic rings. The highest BCUT2D eigenvalue weighted by Gasteiger charge is 2.38. The van der Waals surface area contributed by atoms with Gasteiger partial charge in [0, 0.05) is 35.1 Å². The van der Waals surface area contributed by atoms with Gasteiger partial charge in [-0.25, -0.2) is 4.79 Å². The fraction of sp³-hybridized carbons (Fsp3) is 0.270. The Kier molecular flexibility index (Phi) is 11.4. The van der Waals surface area contributed by atoms with Crippen molar-refractivity contribution in [1.29, 1.82) is 0 Å². The lowest BCUT2D eigenvalue weighted by Gasteiger charge is -2.41. The Labute approximate surface area is 277 Å². The van der Waals surface area contributed by atoms with Crippen molar-refractivity contribution < 1.29 is 39.2 Å². The topological polar surface area (TPSA) is 142 Å². The molecule has 1 aliphatic rings. The largest absolute Gasteiger partial charge is 0.481 e. The average molecular weight is 656 g/mol. The zero-order valence-electron chi connectivity index (χ0n) is 25.9. The average Bonchev–Trinajstić information content (AvgIpc) is 3.09. The summed E-state index contributed by atoms with van der Waals surface area (Å²) in [6.45, 7) is 2.31. The van der Waals surface area contributed by atoms with E-state index in [0.29, 0.717) is 17.2 Å². The number of aliphatic hydroxyl groups is 1. The van der Waals surface area contributed by atoms with Crippen molar-refractivity contribution >= 4 is 29.6 Å². The molecular weight excluding hydrogens is 618 g/mol. The van der Waals surface area contributed by atoms with Crippen molar-refractivity contribution in [2.75, 3.05) is 5.75 Å². The number of aliphatic carboxylic acids is 1. The molecule has 1 saturated heterocycles. The first-order valence-electron chi connectivity index (χ1n) is 15.4.